The van der Waals surface area contributed by atoms with Gasteiger partial charge in [0.2, 0.25) is 0 Å². The molecule has 0 unspecified atom stereocenters. The van der Waals surface area contributed by atoms with Crippen LogP contribution in [0.5, 0.6) is 0 Å². The van der Waals surface area contributed by atoms with Crippen molar-refractivity contribution in [2.75, 3.05) is 0 Å². The standard InChI is InChI=1S/C30H19FS/c31-26-5-3-4-24(18-26)22-12-8-20(9-13-22)21-10-14-23(15-11-21)25-16-17-30-28(19-25)27-6-1-2-7-29(27)32-30/h1-19H. The highest BCUT2D eigenvalue weighted by Crippen LogP contribution is 2.36. The lowest BCUT2D eigenvalue weighted by Crippen LogP contribution is -1.83. The first kappa shape index (κ1) is 19.0. The third-order valence-corrected chi connectivity index (χ3v) is 7.12. The summed E-state index contributed by atoms with van der Waals surface area (Å²) >= 11 is 1.84. The number of hydrogen-bond acceptors (Lipinski definition) is 1. The second-order valence-electron chi connectivity index (χ2n) is 7.97. The van der Waals surface area contributed by atoms with Gasteiger partial charge in [0.1, 0.15) is 5.82 Å². The average molecular weight is 431 g/mol. The molecule has 0 saturated heterocycles. The summed E-state index contributed by atoms with van der Waals surface area (Å²) in [6.07, 6.45) is 0. The number of halogens is 1. The molecule has 1 heterocycles. The van der Waals surface area contributed by atoms with Crippen LogP contribution in [0.2, 0.25) is 0 Å². The van der Waals surface area contributed by atoms with Crippen LogP contribution in [0.25, 0.3) is 53.6 Å². The van der Waals surface area contributed by atoms with Crippen LogP contribution < -0.4 is 0 Å². The third-order valence-electron chi connectivity index (χ3n) is 5.97. The minimum atomic E-state index is -0.212. The van der Waals surface area contributed by atoms with Crippen LogP contribution in [-0.4, -0.2) is 0 Å². The van der Waals surface area contributed by atoms with E-state index in [9.17, 15) is 4.39 Å². The summed E-state index contributed by atoms with van der Waals surface area (Å²) in [5, 5.41) is 2.64. The van der Waals surface area contributed by atoms with Gasteiger partial charge in [-0.3, -0.25) is 0 Å². The molecule has 0 aliphatic rings. The Hall–Kier alpha value is -3.75. The Morgan fingerprint density at radius 3 is 1.59 bits per heavy atom. The maximum atomic E-state index is 13.5. The molecule has 0 amide bonds. The molecule has 6 rings (SSSR count). The Morgan fingerprint density at radius 2 is 0.938 bits per heavy atom. The zero-order chi connectivity index (χ0) is 21.5. The molecule has 2 heteroatoms. The van der Waals surface area contributed by atoms with E-state index < -0.39 is 0 Å². The van der Waals surface area contributed by atoms with Gasteiger partial charge in [0.05, 0.1) is 0 Å². The fourth-order valence-electron chi connectivity index (χ4n) is 4.28. The van der Waals surface area contributed by atoms with Crippen LogP contribution in [-0.2, 0) is 0 Å². The van der Waals surface area contributed by atoms with Crippen molar-refractivity contribution in [3.05, 3.63) is 121 Å². The topological polar surface area (TPSA) is 0 Å². The maximum Gasteiger partial charge on any atom is 0.123 e. The smallest absolute Gasteiger partial charge is 0.123 e. The molecule has 0 radical (unpaired) electrons. The lowest BCUT2D eigenvalue weighted by atomic mass is 9.97. The molecule has 1 aromatic heterocycles. The normalized spacial score (nSPS) is 11.3. The van der Waals surface area contributed by atoms with Crippen molar-refractivity contribution >= 4 is 31.5 Å². The van der Waals surface area contributed by atoms with Crippen LogP contribution in [0.1, 0.15) is 0 Å². The van der Waals surface area contributed by atoms with E-state index in [2.05, 4.69) is 78.9 Å². The SMILES string of the molecule is Fc1cccc(-c2ccc(-c3ccc(-c4ccc5sc6ccccc6c5c4)cc3)cc2)c1. The zero-order valence-corrected chi connectivity index (χ0v) is 18.1. The highest BCUT2D eigenvalue weighted by atomic mass is 32.1. The Morgan fingerprint density at radius 1 is 0.406 bits per heavy atom. The van der Waals surface area contributed by atoms with Crippen molar-refractivity contribution in [3.8, 4) is 33.4 Å². The first-order chi connectivity index (χ1) is 15.7. The second kappa shape index (κ2) is 7.74. The molecule has 6 aromatic rings. The highest BCUT2D eigenvalue weighted by Gasteiger charge is 2.07. The van der Waals surface area contributed by atoms with Gasteiger partial charge in [-0.25, -0.2) is 4.39 Å². The van der Waals surface area contributed by atoms with E-state index in [1.807, 2.05) is 29.5 Å². The van der Waals surface area contributed by atoms with Gasteiger partial charge in [0.25, 0.3) is 0 Å². The van der Waals surface area contributed by atoms with Gasteiger partial charge in [-0.05, 0) is 63.7 Å². The summed E-state index contributed by atoms with van der Waals surface area (Å²) < 4.78 is 16.2. The van der Waals surface area contributed by atoms with Gasteiger partial charge >= 0.3 is 0 Å². The Kier molecular flexibility index (Phi) is 4.59. The zero-order valence-electron chi connectivity index (χ0n) is 17.3. The number of rotatable bonds is 3. The summed E-state index contributed by atoms with van der Waals surface area (Å²) in [5.74, 6) is -0.212. The minimum Gasteiger partial charge on any atom is -0.207 e. The molecule has 5 aromatic carbocycles. The summed E-state index contributed by atoms with van der Waals surface area (Å²) in [7, 11) is 0. The highest BCUT2D eigenvalue weighted by molar-refractivity contribution is 7.25. The van der Waals surface area contributed by atoms with Gasteiger partial charge in [-0.1, -0.05) is 84.9 Å². The van der Waals surface area contributed by atoms with Gasteiger partial charge < -0.3 is 0 Å². The van der Waals surface area contributed by atoms with E-state index in [1.165, 1.54) is 42.9 Å². The Bertz CT molecular complexity index is 1560. The summed E-state index contributed by atoms with van der Waals surface area (Å²) in [6.45, 7) is 0. The third kappa shape index (κ3) is 3.39. The number of hydrogen-bond donors (Lipinski definition) is 0. The summed E-state index contributed by atoms with van der Waals surface area (Å²) in [4.78, 5) is 0. The second-order valence-corrected chi connectivity index (χ2v) is 9.06. The van der Waals surface area contributed by atoms with Crippen molar-refractivity contribution in [1.82, 2.24) is 0 Å². The molecule has 0 spiro atoms. The number of thiophene rings is 1. The lowest BCUT2D eigenvalue weighted by molar-refractivity contribution is 0.628. The van der Waals surface area contributed by atoms with Crippen molar-refractivity contribution in [1.29, 1.82) is 0 Å². The van der Waals surface area contributed by atoms with E-state index in [4.69, 9.17) is 0 Å². The van der Waals surface area contributed by atoms with Crippen LogP contribution in [0.3, 0.4) is 0 Å². The van der Waals surface area contributed by atoms with Crippen LogP contribution >= 0.6 is 11.3 Å². The van der Waals surface area contributed by atoms with E-state index in [0.717, 1.165) is 16.7 Å². The van der Waals surface area contributed by atoms with Crippen molar-refractivity contribution < 1.29 is 4.39 Å². The minimum absolute atomic E-state index is 0.212. The predicted molar refractivity (Wildman–Crippen MR) is 136 cm³/mol. The van der Waals surface area contributed by atoms with Gasteiger partial charge in [0, 0.05) is 20.2 Å². The largest absolute Gasteiger partial charge is 0.207 e. The van der Waals surface area contributed by atoms with Crippen LogP contribution in [0.15, 0.2) is 115 Å². The fraction of sp³-hybridized carbons (Fsp3) is 0. The Balaban J connectivity index is 1.31. The van der Waals surface area contributed by atoms with Crippen molar-refractivity contribution in [3.63, 3.8) is 0 Å². The average Bonchev–Trinajstić information content (AvgIpc) is 3.22. The first-order valence-corrected chi connectivity index (χ1v) is 11.4. The maximum absolute atomic E-state index is 13.5. The van der Waals surface area contributed by atoms with E-state index in [-0.39, 0.29) is 5.82 Å². The molecule has 0 bridgehead atoms. The van der Waals surface area contributed by atoms with Crippen LogP contribution in [0, 0.1) is 5.82 Å². The van der Waals surface area contributed by atoms with Gasteiger partial charge in [-0.2, -0.15) is 0 Å². The molecule has 0 N–H and O–H groups in total. The van der Waals surface area contributed by atoms with Gasteiger partial charge in [0.15, 0.2) is 0 Å². The molecule has 0 aliphatic heterocycles. The van der Waals surface area contributed by atoms with E-state index in [1.54, 1.807) is 12.1 Å². The van der Waals surface area contributed by atoms with Crippen molar-refractivity contribution in [2.45, 2.75) is 0 Å². The molecule has 32 heavy (non-hydrogen) atoms. The Labute approximate surface area is 190 Å². The molecule has 0 saturated carbocycles. The van der Waals surface area contributed by atoms with Gasteiger partial charge in [-0.15, -0.1) is 11.3 Å². The molecule has 0 atom stereocenters. The van der Waals surface area contributed by atoms with E-state index in [0.29, 0.717) is 0 Å². The fourth-order valence-corrected chi connectivity index (χ4v) is 5.37. The van der Waals surface area contributed by atoms with Crippen molar-refractivity contribution in [2.24, 2.45) is 0 Å². The quantitative estimate of drug-likeness (QED) is 0.262. The van der Waals surface area contributed by atoms with Crippen LogP contribution in [0.4, 0.5) is 4.39 Å². The lowest BCUT2D eigenvalue weighted by Gasteiger charge is -2.07. The first-order valence-electron chi connectivity index (χ1n) is 10.6. The summed E-state index contributed by atoms with van der Waals surface area (Å²) in [6, 6.07) is 39.1. The number of benzene rings is 5. The molecule has 152 valence electrons. The number of fused-ring (bicyclic) bond motifs is 3. The van der Waals surface area contributed by atoms with E-state index >= 15 is 0 Å². The molecular formula is C30H19FS. The predicted octanol–water partition coefficient (Wildman–Crippen LogP) is 9.19. The molecule has 0 aliphatic carbocycles. The molecule has 0 fully saturated rings. The summed E-state index contributed by atoms with van der Waals surface area (Å²) in [5.41, 5.74) is 6.67. The monoisotopic (exact) mass is 430 g/mol. The molecular weight excluding hydrogens is 411 g/mol. The molecule has 0 nitrogen and oxygen atoms in total.